The van der Waals surface area contributed by atoms with Crippen LogP contribution in [0, 0.1) is 5.92 Å². The number of hydrogen-bond donors (Lipinski definition) is 1. The molecule has 1 heterocycles. The fourth-order valence-corrected chi connectivity index (χ4v) is 3.88. The monoisotopic (exact) mass is 452 g/mol. The van der Waals surface area contributed by atoms with Crippen molar-refractivity contribution in [3.8, 4) is 0 Å². The van der Waals surface area contributed by atoms with Crippen LogP contribution in [0.25, 0.3) is 0 Å². The van der Waals surface area contributed by atoms with Crippen molar-refractivity contribution in [2.45, 2.75) is 44.1 Å². The zero-order chi connectivity index (χ0) is 16.9. The summed E-state index contributed by atoms with van der Waals surface area (Å²) in [5.74, 6) is 0.920. The van der Waals surface area contributed by atoms with E-state index in [1.807, 2.05) is 7.05 Å². The molecular weight excluding hydrogens is 419 g/mol. The number of halogens is 1. The second-order valence-electron chi connectivity index (χ2n) is 7.01. The van der Waals surface area contributed by atoms with Gasteiger partial charge in [0.25, 0.3) is 0 Å². The summed E-state index contributed by atoms with van der Waals surface area (Å²) in [6.07, 6.45) is 6.78. The molecule has 0 amide bonds. The van der Waals surface area contributed by atoms with E-state index in [1.54, 1.807) is 0 Å². The molecule has 1 N–H and O–H groups in total. The molecule has 2 fully saturated rings. The van der Waals surface area contributed by atoms with E-state index < -0.39 is 0 Å². The van der Waals surface area contributed by atoms with Crippen LogP contribution in [-0.2, 0) is 9.53 Å². The van der Waals surface area contributed by atoms with Gasteiger partial charge < -0.3 is 19.9 Å². The quantitative estimate of drug-likeness (QED) is 0.306. The number of guanidine groups is 1. The van der Waals surface area contributed by atoms with Gasteiger partial charge in [-0.2, -0.15) is 0 Å². The van der Waals surface area contributed by atoms with E-state index >= 15 is 0 Å². The van der Waals surface area contributed by atoms with E-state index in [4.69, 9.17) is 4.74 Å². The Kier molecular flexibility index (Phi) is 8.76. The van der Waals surface area contributed by atoms with Gasteiger partial charge in [-0.15, -0.1) is 24.0 Å². The zero-order valence-corrected chi connectivity index (χ0v) is 17.8. The van der Waals surface area contributed by atoms with Crippen molar-refractivity contribution < 1.29 is 9.53 Å². The van der Waals surface area contributed by atoms with E-state index in [9.17, 15) is 4.79 Å². The molecule has 0 aromatic carbocycles. The second-order valence-corrected chi connectivity index (χ2v) is 7.01. The van der Waals surface area contributed by atoms with Crippen molar-refractivity contribution in [2.24, 2.45) is 10.9 Å². The van der Waals surface area contributed by atoms with Crippen molar-refractivity contribution in [1.82, 2.24) is 15.1 Å². The van der Waals surface area contributed by atoms with E-state index in [-0.39, 0.29) is 41.4 Å². The van der Waals surface area contributed by atoms with Crippen LogP contribution in [0.1, 0.15) is 38.5 Å². The molecule has 24 heavy (non-hydrogen) atoms. The Balaban J connectivity index is 0.00000288. The molecule has 2 aliphatic rings. The molecule has 0 radical (unpaired) electrons. The molecule has 1 aliphatic carbocycles. The SMILES string of the molecule is CN=C(NCC1(N(C)C)CCCC1)N1CCC(C(=O)OC)CC1.I. The summed E-state index contributed by atoms with van der Waals surface area (Å²) in [5.41, 5.74) is 0.250. The van der Waals surface area contributed by atoms with Crippen molar-refractivity contribution in [1.29, 1.82) is 0 Å². The van der Waals surface area contributed by atoms with Gasteiger partial charge in [-0.05, 0) is 39.8 Å². The Labute approximate surface area is 163 Å². The van der Waals surface area contributed by atoms with Gasteiger partial charge in [0.15, 0.2) is 5.96 Å². The minimum Gasteiger partial charge on any atom is -0.469 e. The number of carbonyl (C=O) groups excluding carboxylic acids is 1. The standard InChI is InChI=1S/C17H32N4O2.HI/c1-18-16(19-13-17(20(2)3)9-5-6-10-17)21-11-7-14(8-12-21)15(22)23-4;/h14H,5-13H2,1-4H3,(H,18,19);1H. The third-order valence-electron chi connectivity index (χ3n) is 5.60. The molecular formula is C17H33IN4O2. The van der Waals surface area contributed by atoms with Crippen molar-refractivity contribution in [3.63, 3.8) is 0 Å². The number of esters is 1. The molecule has 0 aromatic rings. The summed E-state index contributed by atoms with van der Waals surface area (Å²) < 4.78 is 4.86. The summed E-state index contributed by atoms with van der Waals surface area (Å²) in [5, 5.41) is 3.58. The Hall–Kier alpha value is -0.570. The topological polar surface area (TPSA) is 57.2 Å². The molecule has 140 valence electrons. The number of piperidine rings is 1. The summed E-state index contributed by atoms with van der Waals surface area (Å²) >= 11 is 0. The van der Waals surface area contributed by atoms with Gasteiger partial charge in [0.2, 0.25) is 0 Å². The molecule has 0 unspecified atom stereocenters. The van der Waals surface area contributed by atoms with E-state index in [2.05, 4.69) is 34.2 Å². The highest BCUT2D eigenvalue weighted by Crippen LogP contribution is 2.33. The summed E-state index contributed by atoms with van der Waals surface area (Å²) in [4.78, 5) is 20.7. The van der Waals surface area contributed by atoms with Crippen LogP contribution in [0.3, 0.4) is 0 Å². The van der Waals surface area contributed by atoms with Crippen molar-refractivity contribution in [2.75, 3.05) is 47.9 Å². The highest BCUT2D eigenvalue weighted by atomic mass is 127. The summed E-state index contributed by atoms with van der Waals surface area (Å²) in [6.45, 7) is 2.65. The first kappa shape index (κ1) is 21.5. The van der Waals surface area contributed by atoms with Crippen molar-refractivity contribution >= 4 is 35.9 Å². The predicted molar refractivity (Wildman–Crippen MR) is 108 cm³/mol. The molecule has 7 heteroatoms. The molecule has 0 bridgehead atoms. The predicted octanol–water partition coefficient (Wildman–Crippen LogP) is 1.94. The van der Waals surface area contributed by atoms with Crippen LogP contribution in [0.5, 0.6) is 0 Å². The van der Waals surface area contributed by atoms with E-state index in [0.29, 0.717) is 0 Å². The third-order valence-corrected chi connectivity index (χ3v) is 5.60. The van der Waals surface area contributed by atoms with Gasteiger partial charge in [-0.1, -0.05) is 12.8 Å². The van der Waals surface area contributed by atoms with E-state index in [0.717, 1.165) is 38.4 Å². The summed E-state index contributed by atoms with van der Waals surface area (Å²) in [6, 6.07) is 0. The fourth-order valence-electron chi connectivity index (χ4n) is 3.88. The number of likely N-dealkylation sites (N-methyl/N-ethyl adjacent to an activating group) is 1. The molecule has 1 saturated heterocycles. The maximum atomic E-state index is 11.6. The maximum absolute atomic E-state index is 11.6. The first-order chi connectivity index (χ1) is 11.0. The van der Waals surface area contributed by atoms with Gasteiger partial charge in [0.1, 0.15) is 0 Å². The van der Waals surface area contributed by atoms with Crippen LogP contribution in [0.15, 0.2) is 4.99 Å². The van der Waals surface area contributed by atoms with Crippen LogP contribution in [-0.4, -0.2) is 75.2 Å². The van der Waals surface area contributed by atoms with Gasteiger partial charge in [-0.25, -0.2) is 0 Å². The molecule has 0 spiro atoms. The first-order valence-corrected chi connectivity index (χ1v) is 8.73. The van der Waals surface area contributed by atoms with Gasteiger partial charge in [0.05, 0.1) is 13.0 Å². The highest BCUT2D eigenvalue weighted by Gasteiger charge is 2.36. The van der Waals surface area contributed by atoms with Crippen LogP contribution in [0.4, 0.5) is 0 Å². The highest BCUT2D eigenvalue weighted by molar-refractivity contribution is 14.0. The lowest BCUT2D eigenvalue weighted by molar-refractivity contribution is -0.146. The van der Waals surface area contributed by atoms with Crippen LogP contribution in [0.2, 0.25) is 0 Å². The van der Waals surface area contributed by atoms with Crippen molar-refractivity contribution in [3.05, 3.63) is 0 Å². The number of rotatable bonds is 4. The average molecular weight is 452 g/mol. The maximum Gasteiger partial charge on any atom is 0.308 e. The molecule has 6 nitrogen and oxygen atoms in total. The molecule has 0 aromatic heterocycles. The Bertz CT molecular complexity index is 428. The number of hydrogen-bond acceptors (Lipinski definition) is 4. The number of aliphatic imine (C=N–C) groups is 1. The summed E-state index contributed by atoms with van der Waals surface area (Å²) in [7, 11) is 7.67. The number of methoxy groups -OCH3 is 1. The van der Waals surface area contributed by atoms with Crippen LogP contribution >= 0.6 is 24.0 Å². The smallest absolute Gasteiger partial charge is 0.308 e. The average Bonchev–Trinajstić information content (AvgIpc) is 3.05. The number of ether oxygens (including phenoxy) is 1. The van der Waals surface area contributed by atoms with Gasteiger partial charge in [-0.3, -0.25) is 9.79 Å². The minimum absolute atomic E-state index is 0. The first-order valence-electron chi connectivity index (χ1n) is 8.73. The lowest BCUT2D eigenvalue weighted by Gasteiger charge is -2.39. The lowest BCUT2D eigenvalue weighted by Crippen LogP contribution is -2.54. The molecule has 1 saturated carbocycles. The Morgan fingerprint density at radius 2 is 1.88 bits per heavy atom. The molecule has 0 atom stereocenters. The largest absolute Gasteiger partial charge is 0.469 e. The minimum atomic E-state index is -0.0786. The Morgan fingerprint density at radius 3 is 2.33 bits per heavy atom. The lowest BCUT2D eigenvalue weighted by atomic mass is 9.95. The molecule has 2 rings (SSSR count). The fraction of sp³-hybridized carbons (Fsp3) is 0.882. The Morgan fingerprint density at radius 1 is 1.29 bits per heavy atom. The van der Waals surface area contributed by atoms with E-state index in [1.165, 1.54) is 32.8 Å². The zero-order valence-electron chi connectivity index (χ0n) is 15.5. The normalized spacial score (nSPS) is 21.5. The number of likely N-dealkylation sites (tertiary alicyclic amines) is 1. The van der Waals surface area contributed by atoms with Gasteiger partial charge in [0, 0.05) is 32.2 Å². The number of nitrogens with zero attached hydrogens (tertiary/aromatic N) is 3. The van der Waals surface area contributed by atoms with Gasteiger partial charge >= 0.3 is 5.97 Å². The second kappa shape index (κ2) is 9.79. The third kappa shape index (κ3) is 4.97. The van der Waals surface area contributed by atoms with Crippen LogP contribution < -0.4 is 5.32 Å². The number of nitrogens with one attached hydrogen (secondary N) is 1. The number of carbonyl (C=O) groups is 1. The molecule has 1 aliphatic heterocycles.